The fraction of sp³-hybridized carbons (Fsp3) is 0.259. The van der Waals surface area contributed by atoms with E-state index in [1.807, 2.05) is 91.0 Å². The number of hydrogen-bond donors (Lipinski definition) is 0. The van der Waals surface area contributed by atoms with E-state index in [1.54, 1.807) is 0 Å². The van der Waals surface area contributed by atoms with Gasteiger partial charge in [-0.15, -0.1) is 0 Å². The van der Waals surface area contributed by atoms with Crippen molar-refractivity contribution in [3.8, 4) is 0 Å². The number of carbonyl (C=O) groups excluding carboxylic acids is 2. The van der Waals surface area contributed by atoms with Crippen LogP contribution in [0.5, 0.6) is 0 Å². The van der Waals surface area contributed by atoms with Gasteiger partial charge in [0.2, 0.25) is 0 Å². The van der Waals surface area contributed by atoms with Gasteiger partial charge < -0.3 is 23.7 Å². The van der Waals surface area contributed by atoms with E-state index in [2.05, 4.69) is 0 Å². The highest BCUT2D eigenvalue weighted by Gasteiger charge is 2.33. The SMILES string of the molecule is O=CO[C@@H]([C@@H](C=O)OCc1ccccc1)[C@@H](COCc1ccccc1)OCc1ccccc1. The van der Waals surface area contributed by atoms with Crippen LogP contribution in [0.1, 0.15) is 16.7 Å². The highest BCUT2D eigenvalue weighted by atomic mass is 16.6. The molecule has 0 aromatic heterocycles. The molecule has 0 aliphatic carbocycles. The summed E-state index contributed by atoms with van der Waals surface area (Å²) in [6.45, 7) is 1.24. The van der Waals surface area contributed by atoms with Crippen LogP contribution in [0.2, 0.25) is 0 Å². The summed E-state index contributed by atoms with van der Waals surface area (Å²) in [6.07, 6.45) is -2.07. The van der Waals surface area contributed by atoms with Gasteiger partial charge in [0, 0.05) is 0 Å². The van der Waals surface area contributed by atoms with Crippen molar-refractivity contribution in [2.24, 2.45) is 0 Å². The zero-order valence-electron chi connectivity index (χ0n) is 18.3. The molecule has 0 heterocycles. The molecule has 6 heteroatoms. The highest BCUT2D eigenvalue weighted by molar-refractivity contribution is 5.58. The molecular weight excluding hydrogens is 420 g/mol. The van der Waals surface area contributed by atoms with Gasteiger partial charge in [-0.05, 0) is 16.7 Å². The van der Waals surface area contributed by atoms with Crippen LogP contribution in [0.25, 0.3) is 0 Å². The van der Waals surface area contributed by atoms with Crippen LogP contribution in [0.4, 0.5) is 0 Å². The molecule has 172 valence electrons. The van der Waals surface area contributed by atoms with Crippen LogP contribution in [0.3, 0.4) is 0 Å². The average Bonchev–Trinajstić information content (AvgIpc) is 2.88. The standard InChI is InChI=1S/C27H28O6/c28-16-25(31-18-23-12-6-2-7-13-23)27(33-21-29)26(32-19-24-14-8-3-9-15-24)20-30-17-22-10-4-1-5-11-22/h1-16,21,25-27H,17-20H2/t25-,26-,27+/m1/s1. The number of aldehydes is 1. The van der Waals surface area contributed by atoms with Crippen molar-refractivity contribution in [2.75, 3.05) is 6.61 Å². The molecule has 0 unspecified atom stereocenters. The Morgan fingerprint density at radius 2 is 1.12 bits per heavy atom. The molecule has 0 bridgehead atoms. The average molecular weight is 449 g/mol. The minimum atomic E-state index is -1.02. The van der Waals surface area contributed by atoms with Crippen LogP contribution in [-0.4, -0.2) is 37.7 Å². The molecular formula is C27H28O6. The molecule has 0 amide bonds. The van der Waals surface area contributed by atoms with E-state index in [0.717, 1.165) is 16.7 Å². The van der Waals surface area contributed by atoms with Crippen molar-refractivity contribution >= 4 is 12.8 Å². The number of rotatable bonds is 15. The van der Waals surface area contributed by atoms with Gasteiger partial charge >= 0.3 is 0 Å². The molecule has 0 saturated heterocycles. The van der Waals surface area contributed by atoms with Crippen LogP contribution in [0.15, 0.2) is 91.0 Å². The predicted molar refractivity (Wildman–Crippen MR) is 123 cm³/mol. The van der Waals surface area contributed by atoms with E-state index >= 15 is 0 Å². The summed E-state index contributed by atoms with van der Waals surface area (Å²) in [6, 6.07) is 28.8. The molecule has 3 rings (SSSR count). The lowest BCUT2D eigenvalue weighted by molar-refractivity contribution is -0.171. The van der Waals surface area contributed by atoms with E-state index in [0.29, 0.717) is 19.4 Å². The van der Waals surface area contributed by atoms with Gasteiger partial charge in [0.15, 0.2) is 18.5 Å². The van der Waals surface area contributed by atoms with Crippen molar-refractivity contribution in [2.45, 2.75) is 38.1 Å². The van der Waals surface area contributed by atoms with Crippen LogP contribution < -0.4 is 0 Å². The summed E-state index contributed by atoms with van der Waals surface area (Å²) in [4.78, 5) is 23.2. The van der Waals surface area contributed by atoms with Gasteiger partial charge in [-0.2, -0.15) is 0 Å². The normalized spacial score (nSPS) is 13.6. The smallest absolute Gasteiger partial charge is 0.293 e. The molecule has 0 fully saturated rings. The Labute approximate surface area is 194 Å². The van der Waals surface area contributed by atoms with Crippen LogP contribution >= 0.6 is 0 Å². The molecule has 0 spiro atoms. The summed E-state index contributed by atoms with van der Waals surface area (Å²) < 4.78 is 23.0. The largest absolute Gasteiger partial charge is 0.458 e. The maximum Gasteiger partial charge on any atom is 0.293 e. The molecule has 0 N–H and O–H groups in total. The second-order valence-electron chi connectivity index (χ2n) is 7.43. The molecule has 6 nitrogen and oxygen atoms in total. The Morgan fingerprint density at radius 3 is 1.61 bits per heavy atom. The van der Waals surface area contributed by atoms with E-state index in [4.69, 9.17) is 18.9 Å². The Hall–Kier alpha value is -3.32. The van der Waals surface area contributed by atoms with Gasteiger partial charge in [-0.25, -0.2) is 0 Å². The van der Waals surface area contributed by atoms with Crippen molar-refractivity contribution in [1.29, 1.82) is 0 Å². The Morgan fingerprint density at radius 1 is 0.636 bits per heavy atom. The predicted octanol–water partition coefficient (Wildman–Crippen LogP) is 4.11. The van der Waals surface area contributed by atoms with Crippen molar-refractivity contribution in [3.63, 3.8) is 0 Å². The van der Waals surface area contributed by atoms with Crippen LogP contribution in [0, 0.1) is 0 Å². The summed E-state index contributed by atoms with van der Waals surface area (Å²) in [5, 5.41) is 0. The Balaban J connectivity index is 1.70. The zero-order valence-corrected chi connectivity index (χ0v) is 18.3. The maximum absolute atomic E-state index is 11.9. The number of carbonyl (C=O) groups is 2. The first-order chi connectivity index (χ1) is 16.3. The van der Waals surface area contributed by atoms with E-state index in [-0.39, 0.29) is 19.8 Å². The van der Waals surface area contributed by atoms with Crippen molar-refractivity contribution in [1.82, 2.24) is 0 Å². The van der Waals surface area contributed by atoms with Gasteiger partial charge in [-0.3, -0.25) is 4.79 Å². The fourth-order valence-corrected chi connectivity index (χ4v) is 3.30. The molecule has 0 aliphatic heterocycles. The first kappa shape index (κ1) is 24.3. The third-order valence-electron chi connectivity index (χ3n) is 5.02. The molecule has 0 saturated carbocycles. The second-order valence-corrected chi connectivity index (χ2v) is 7.43. The maximum atomic E-state index is 11.9. The number of hydrogen-bond acceptors (Lipinski definition) is 6. The molecule has 0 radical (unpaired) electrons. The first-order valence-corrected chi connectivity index (χ1v) is 10.8. The number of ether oxygens (including phenoxy) is 4. The quantitative estimate of drug-likeness (QED) is 0.326. The van der Waals surface area contributed by atoms with E-state index in [1.165, 1.54) is 0 Å². The summed E-state index contributed by atoms with van der Waals surface area (Å²) in [5.41, 5.74) is 2.85. The molecule has 3 aromatic carbocycles. The minimum absolute atomic E-state index is 0.110. The van der Waals surface area contributed by atoms with Gasteiger partial charge in [0.1, 0.15) is 6.10 Å². The Bertz CT molecular complexity index is 933. The fourth-order valence-electron chi connectivity index (χ4n) is 3.30. The monoisotopic (exact) mass is 448 g/mol. The molecule has 3 aromatic rings. The van der Waals surface area contributed by atoms with E-state index in [9.17, 15) is 9.59 Å². The third-order valence-corrected chi connectivity index (χ3v) is 5.02. The van der Waals surface area contributed by atoms with Crippen LogP contribution in [-0.2, 0) is 48.4 Å². The van der Waals surface area contributed by atoms with Gasteiger partial charge in [0.05, 0.1) is 26.4 Å². The van der Waals surface area contributed by atoms with Crippen molar-refractivity contribution < 1.29 is 28.5 Å². The van der Waals surface area contributed by atoms with Gasteiger partial charge in [-0.1, -0.05) is 91.0 Å². The molecule has 33 heavy (non-hydrogen) atoms. The molecule has 3 atom stereocenters. The van der Waals surface area contributed by atoms with Crippen molar-refractivity contribution in [3.05, 3.63) is 108 Å². The van der Waals surface area contributed by atoms with E-state index < -0.39 is 18.3 Å². The lowest BCUT2D eigenvalue weighted by Crippen LogP contribution is -2.45. The lowest BCUT2D eigenvalue weighted by Gasteiger charge is -2.29. The minimum Gasteiger partial charge on any atom is -0.458 e. The summed E-state index contributed by atoms with van der Waals surface area (Å²) >= 11 is 0. The lowest BCUT2D eigenvalue weighted by atomic mass is 10.1. The molecule has 0 aliphatic rings. The zero-order chi connectivity index (χ0) is 23.1. The second kappa shape index (κ2) is 14.0. The topological polar surface area (TPSA) is 71.1 Å². The Kier molecular flexibility index (Phi) is 10.3. The summed E-state index contributed by atoms with van der Waals surface area (Å²) in [5.74, 6) is 0. The highest BCUT2D eigenvalue weighted by Crippen LogP contribution is 2.16. The third kappa shape index (κ3) is 8.27. The number of benzene rings is 3. The van der Waals surface area contributed by atoms with Gasteiger partial charge in [0.25, 0.3) is 6.47 Å². The first-order valence-electron chi connectivity index (χ1n) is 10.8. The summed E-state index contributed by atoms with van der Waals surface area (Å²) in [7, 11) is 0.